The van der Waals surface area contributed by atoms with Crippen LogP contribution in [0.5, 0.6) is 0 Å². The lowest BCUT2D eigenvalue weighted by molar-refractivity contribution is -0.137. The lowest BCUT2D eigenvalue weighted by atomic mass is 9.87. The maximum Gasteiger partial charge on any atom is 0.416 e. The third-order valence-electron chi connectivity index (χ3n) is 4.23. The molecule has 0 bridgehead atoms. The van der Waals surface area contributed by atoms with Gasteiger partial charge in [0.2, 0.25) is 0 Å². The first kappa shape index (κ1) is 16.6. The molecule has 1 heterocycles. The minimum Gasteiger partial charge on any atom is -0.325 e. The molecular weight excluding hydrogens is 293 g/mol. The van der Waals surface area contributed by atoms with Crippen LogP contribution in [0.15, 0.2) is 24.3 Å². The average Bonchev–Trinajstić information content (AvgIpc) is 2.47. The topological polar surface area (TPSA) is 32.3 Å². The second-order valence-corrected chi connectivity index (χ2v) is 6.07. The lowest BCUT2D eigenvalue weighted by Crippen LogP contribution is -2.41. The van der Waals surface area contributed by atoms with Crippen LogP contribution >= 0.6 is 0 Å². The molecule has 6 heteroatoms. The molecule has 1 aliphatic rings. The largest absolute Gasteiger partial charge is 0.416 e. The molecule has 1 aromatic carbocycles. The number of hydrogen-bond acceptors (Lipinski definition) is 1. The van der Waals surface area contributed by atoms with Crippen LogP contribution in [-0.4, -0.2) is 24.0 Å². The van der Waals surface area contributed by atoms with E-state index in [-0.39, 0.29) is 6.03 Å². The Labute approximate surface area is 128 Å². The van der Waals surface area contributed by atoms with Crippen molar-refractivity contribution in [1.29, 1.82) is 0 Å². The number of likely N-dealkylation sites (tertiary alicyclic amines) is 1. The molecule has 0 unspecified atom stereocenters. The molecule has 1 aliphatic heterocycles. The van der Waals surface area contributed by atoms with E-state index in [1.54, 1.807) is 4.90 Å². The molecule has 0 spiro atoms. The predicted octanol–water partition coefficient (Wildman–Crippen LogP) is 4.61. The van der Waals surface area contributed by atoms with E-state index < -0.39 is 11.7 Å². The normalized spacial score (nSPS) is 16.9. The van der Waals surface area contributed by atoms with Crippen LogP contribution in [0.1, 0.15) is 32.3 Å². The molecule has 1 fully saturated rings. The van der Waals surface area contributed by atoms with Gasteiger partial charge in [-0.3, -0.25) is 0 Å². The van der Waals surface area contributed by atoms with Crippen molar-refractivity contribution in [3.05, 3.63) is 29.8 Å². The molecule has 0 saturated carbocycles. The van der Waals surface area contributed by atoms with Crippen molar-refractivity contribution in [2.45, 2.75) is 32.9 Å². The highest BCUT2D eigenvalue weighted by molar-refractivity contribution is 5.89. The van der Waals surface area contributed by atoms with E-state index in [9.17, 15) is 18.0 Å². The Bertz CT molecular complexity index is 503. The van der Waals surface area contributed by atoms with Crippen molar-refractivity contribution >= 4 is 11.7 Å². The fourth-order valence-corrected chi connectivity index (χ4v) is 2.71. The van der Waals surface area contributed by atoms with Crippen molar-refractivity contribution in [2.75, 3.05) is 18.4 Å². The Morgan fingerprint density at radius 2 is 1.73 bits per heavy atom. The van der Waals surface area contributed by atoms with Gasteiger partial charge in [0.25, 0.3) is 0 Å². The lowest BCUT2D eigenvalue weighted by Gasteiger charge is -2.33. The summed E-state index contributed by atoms with van der Waals surface area (Å²) in [5, 5.41) is 2.65. The number of piperidine rings is 1. The first-order chi connectivity index (χ1) is 10.3. The second kappa shape index (κ2) is 6.58. The predicted molar refractivity (Wildman–Crippen MR) is 79.6 cm³/mol. The third-order valence-corrected chi connectivity index (χ3v) is 4.23. The number of alkyl halides is 3. The SMILES string of the molecule is CC(C)C1CCN(C(=O)Nc2ccc(C(F)(F)F)cc2)CC1. The minimum absolute atomic E-state index is 0.248. The number of urea groups is 1. The number of amides is 2. The Balaban J connectivity index is 1.90. The number of nitrogens with one attached hydrogen (secondary N) is 1. The smallest absolute Gasteiger partial charge is 0.325 e. The fraction of sp³-hybridized carbons (Fsp3) is 0.562. The van der Waals surface area contributed by atoms with Crippen molar-refractivity contribution in [3.63, 3.8) is 0 Å². The van der Waals surface area contributed by atoms with Gasteiger partial charge in [0.05, 0.1) is 5.56 Å². The van der Waals surface area contributed by atoms with Crippen molar-refractivity contribution in [2.24, 2.45) is 11.8 Å². The third kappa shape index (κ3) is 4.15. The number of anilines is 1. The van der Waals surface area contributed by atoms with Crippen LogP contribution in [0, 0.1) is 11.8 Å². The zero-order valence-corrected chi connectivity index (χ0v) is 12.8. The summed E-state index contributed by atoms with van der Waals surface area (Å²) in [6.07, 6.45) is -2.42. The van der Waals surface area contributed by atoms with Crippen LogP contribution in [0.3, 0.4) is 0 Å². The molecule has 0 radical (unpaired) electrons. The van der Waals surface area contributed by atoms with Crippen molar-refractivity contribution < 1.29 is 18.0 Å². The molecular formula is C16H21F3N2O. The first-order valence-corrected chi connectivity index (χ1v) is 7.50. The standard InChI is InChI=1S/C16H21F3N2O/c1-11(2)12-7-9-21(10-8-12)15(22)20-14-5-3-13(4-6-14)16(17,18)19/h3-6,11-12H,7-10H2,1-2H3,(H,20,22). The van der Waals surface area contributed by atoms with Crippen LogP contribution < -0.4 is 5.32 Å². The Kier molecular flexibility index (Phi) is 4.98. The van der Waals surface area contributed by atoms with Gasteiger partial charge < -0.3 is 10.2 Å². The number of carbonyl (C=O) groups is 1. The minimum atomic E-state index is -4.36. The zero-order valence-electron chi connectivity index (χ0n) is 12.8. The summed E-state index contributed by atoms with van der Waals surface area (Å²) in [5.41, 5.74) is -0.341. The molecule has 1 aromatic rings. The molecule has 22 heavy (non-hydrogen) atoms. The highest BCUT2D eigenvalue weighted by Gasteiger charge is 2.30. The summed E-state index contributed by atoms with van der Waals surface area (Å²) < 4.78 is 37.4. The van der Waals surface area contributed by atoms with E-state index in [4.69, 9.17) is 0 Å². The average molecular weight is 314 g/mol. The summed E-state index contributed by atoms with van der Waals surface area (Å²) in [7, 11) is 0. The van der Waals surface area contributed by atoms with Gasteiger partial charge in [-0.15, -0.1) is 0 Å². The maximum absolute atomic E-state index is 12.5. The molecule has 0 atom stereocenters. The quantitative estimate of drug-likeness (QED) is 0.849. The van der Waals surface area contributed by atoms with Crippen LogP contribution in [0.4, 0.5) is 23.7 Å². The Morgan fingerprint density at radius 3 is 2.18 bits per heavy atom. The van der Waals surface area contributed by atoms with Gasteiger partial charge in [-0.1, -0.05) is 13.8 Å². The molecule has 0 aliphatic carbocycles. The van der Waals surface area contributed by atoms with E-state index in [0.29, 0.717) is 30.6 Å². The molecule has 1 saturated heterocycles. The van der Waals surface area contributed by atoms with Crippen LogP contribution in [0.25, 0.3) is 0 Å². The number of hydrogen-bond donors (Lipinski definition) is 1. The van der Waals surface area contributed by atoms with Crippen LogP contribution in [-0.2, 0) is 6.18 Å². The van der Waals surface area contributed by atoms with Gasteiger partial charge in [0.15, 0.2) is 0 Å². The molecule has 2 rings (SSSR count). The van der Waals surface area contributed by atoms with E-state index in [1.807, 2.05) is 0 Å². The maximum atomic E-state index is 12.5. The number of halogens is 3. The van der Waals surface area contributed by atoms with Crippen LogP contribution in [0.2, 0.25) is 0 Å². The van der Waals surface area contributed by atoms with Crippen molar-refractivity contribution in [1.82, 2.24) is 4.90 Å². The molecule has 122 valence electrons. The highest BCUT2D eigenvalue weighted by atomic mass is 19.4. The molecule has 0 aromatic heterocycles. The van der Waals surface area contributed by atoms with E-state index in [0.717, 1.165) is 25.0 Å². The molecule has 2 amide bonds. The number of carbonyl (C=O) groups excluding carboxylic acids is 1. The number of benzene rings is 1. The van der Waals surface area contributed by atoms with Gasteiger partial charge in [-0.05, 0) is 48.9 Å². The van der Waals surface area contributed by atoms with Crippen molar-refractivity contribution in [3.8, 4) is 0 Å². The first-order valence-electron chi connectivity index (χ1n) is 7.50. The van der Waals surface area contributed by atoms with Gasteiger partial charge >= 0.3 is 12.2 Å². The van der Waals surface area contributed by atoms with E-state index >= 15 is 0 Å². The Hall–Kier alpha value is -1.72. The summed E-state index contributed by atoms with van der Waals surface area (Å²) in [5.74, 6) is 1.25. The number of rotatable bonds is 2. The Morgan fingerprint density at radius 1 is 1.18 bits per heavy atom. The highest BCUT2D eigenvalue weighted by Crippen LogP contribution is 2.30. The summed E-state index contributed by atoms with van der Waals surface area (Å²) in [6.45, 7) is 5.75. The summed E-state index contributed by atoms with van der Waals surface area (Å²) in [4.78, 5) is 13.8. The fourth-order valence-electron chi connectivity index (χ4n) is 2.71. The second-order valence-electron chi connectivity index (χ2n) is 6.07. The summed E-state index contributed by atoms with van der Waals surface area (Å²) >= 11 is 0. The van der Waals surface area contributed by atoms with Gasteiger partial charge in [0, 0.05) is 18.8 Å². The molecule has 1 N–H and O–H groups in total. The van der Waals surface area contributed by atoms with Gasteiger partial charge in [-0.25, -0.2) is 4.79 Å². The monoisotopic (exact) mass is 314 g/mol. The summed E-state index contributed by atoms with van der Waals surface area (Å²) in [6, 6.07) is 4.26. The van der Waals surface area contributed by atoms with Gasteiger partial charge in [-0.2, -0.15) is 13.2 Å². The van der Waals surface area contributed by atoms with E-state index in [1.165, 1.54) is 12.1 Å². The molecule has 3 nitrogen and oxygen atoms in total. The van der Waals surface area contributed by atoms with Gasteiger partial charge in [0.1, 0.15) is 0 Å². The zero-order chi connectivity index (χ0) is 16.3. The van der Waals surface area contributed by atoms with E-state index in [2.05, 4.69) is 19.2 Å². The number of nitrogens with zero attached hydrogens (tertiary/aromatic N) is 1.